The lowest BCUT2D eigenvalue weighted by Gasteiger charge is -2.39. The molecule has 2 aromatic carbocycles. The molecule has 24 heavy (non-hydrogen) atoms. The van der Waals surface area contributed by atoms with Crippen molar-refractivity contribution >= 4 is 39.2 Å². The van der Waals surface area contributed by atoms with Crippen LogP contribution < -0.4 is 10.4 Å². The Hall–Kier alpha value is -1.78. The lowest BCUT2D eigenvalue weighted by Crippen LogP contribution is -2.33. The van der Waals surface area contributed by atoms with E-state index in [-0.39, 0.29) is 23.4 Å². The van der Waals surface area contributed by atoms with Gasteiger partial charge in [-0.05, 0) is 41.7 Å². The second kappa shape index (κ2) is 5.94. The van der Waals surface area contributed by atoms with E-state index >= 15 is 0 Å². The summed E-state index contributed by atoms with van der Waals surface area (Å²) in [4.78, 5) is 11.6. The van der Waals surface area contributed by atoms with Gasteiger partial charge in [0.1, 0.15) is 0 Å². The second-order valence-corrected chi connectivity index (χ2v) is 7.52. The molecular formula is C19H14BrClNO2-. The van der Waals surface area contributed by atoms with Gasteiger partial charge in [0.2, 0.25) is 0 Å². The Morgan fingerprint density at radius 3 is 2.88 bits per heavy atom. The van der Waals surface area contributed by atoms with Crippen LogP contribution in [0.4, 0.5) is 5.69 Å². The number of carbonyl (C=O) groups excluding carboxylic acids is 1. The third-order valence-electron chi connectivity index (χ3n) is 4.90. The Morgan fingerprint density at radius 1 is 1.29 bits per heavy atom. The Balaban J connectivity index is 1.88. The summed E-state index contributed by atoms with van der Waals surface area (Å²) in [6.45, 7) is 0. The van der Waals surface area contributed by atoms with Gasteiger partial charge >= 0.3 is 0 Å². The first kappa shape index (κ1) is 15.7. The number of carboxylic acid groups (broad SMARTS) is 1. The molecule has 1 aliphatic carbocycles. The number of carboxylic acids is 1. The molecule has 2 aromatic rings. The molecule has 4 rings (SSSR count). The van der Waals surface area contributed by atoms with Gasteiger partial charge < -0.3 is 15.2 Å². The van der Waals surface area contributed by atoms with Crippen LogP contribution in [-0.4, -0.2) is 5.97 Å². The molecule has 0 unspecified atom stereocenters. The van der Waals surface area contributed by atoms with Gasteiger partial charge in [-0.15, -0.1) is 0 Å². The van der Waals surface area contributed by atoms with Gasteiger partial charge in [0.25, 0.3) is 0 Å². The summed E-state index contributed by atoms with van der Waals surface area (Å²) in [7, 11) is 0. The van der Waals surface area contributed by atoms with Gasteiger partial charge in [0, 0.05) is 16.0 Å². The van der Waals surface area contributed by atoms with Crippen LogP contribution in [0.15, 0.2) is 53.0 Å². The van der Waals surface area contributed by atoms with Crippen LogP contribution in [-0.2, 0) is 0 Å². The molecule has 5 heteroatoms. The van der Waals surface area contributed by atoms with E-state index in [1.807, 2.05) is 12.1 Å². The monoisotopic (exact) mass is 402 g/mol. The predicted molar refractivity (Wildman–Crippen MR) is 96.3 cm³/mol. The lowest BCUT2D eigenvalue weighted by molar-refractivity contribution is -0.255. The normalized spacial score (nSPS) is 24.2. The van der Waals surface area contributed by atoms with Crippen molar-refractivity contribution in [2.45, 2.75) is 18.4 Å². The molecule has 0 fully saturated rings. The largest absolute Gasteiger partial charge is 0.545 e. The van der Waals surface area contributed by atoms with Gasteiger partial charge in [-0.1, -0.05) is 57.9 Å². The van der Waals surface area contributed by atoms with Crippen LogP contribution in [0.2, 0.25) is 5.02 Å². The number of hydrogen-bond donors (Lipinski definition) is 1. The maximum atomic E-state index is 11.6. The zero-order valence-corrected chi connectivity index (χ0v) is 15.0. The standard InChI is InChI=1S/C19H15BrClNO2/c20-11-4-1-3-10(9-11)17-13-6-2-5-12(13)16-14(19(23)24)7-8-15(21)18(16)22-17/h1-5,7-9,12-13,17,22H,6H2,(H,23,24)/p-1/t12-,13-,17-/m1/s1. The first-order chi connectivity index (χ1) is 11.6. The van der Waals surface area contributed by atoms with E-state index in [2.05, 4.69) is 45.5 Å². The molecule has 1 N–H and O–H groups in total. The molecule has 0 radical (unpaired) electrons. The van der Waals surface area contributed by atoms with Crippen LogP contribution in [0.3, 0.4) is 0 Å². The average Bonchev–Trinajstić information content (AvgIpc) is 3.04. The maximum absolute atomic E-state index is 11.6. The van der Waals surface area contributed by atoms with Crippen molar-refractivity contribution in [1.29, 1.82) is 0 Å². The van der Waals surface area contributed by atoms with Gasteiger partial charge in [-0.2, -0.15) is 0 Å². The van der Waals surface area contributed by atoms with E-state index in [0.717, 1.165) is 22.0 Å². The summed E-state index contributed by atoms with van der Waals surface area (Å²) in [5.74, 6) is -0.884. The zero-order chi connectivity index (χ0) is 16.8. The molecule has 0 bridgehead atoms. The van der Waals surface area contributed by atoms with Crippen LogP contribution in [0, 0.1) is 5.92 Å². The summed E-state index contributed by atoms with van der Waals surface area (Å²) in [5, 5.41) is 15.6. The van der Waals surface area contributed by atoms with Crippen molar-refractivity contribution in [3.8, 4) is 0 Å². The minimum Gasteiger partial charge on any atom is -0.545 e. The quantitative estimate of drug-likeness (QED) is 0.761. The molecule has 1 heterocycles. The smallest absolute Gasteiger partial charge is 0.0719 e. The second-order valence-electron chi connectivity index (χ2n) is 6.20. The van der Waals surface area contributed by atoms with E-state index in [4.69, 9.17) is 11.6 Å². The summed E-state index contributed by atoms with van der Waals surface area (Å²) in [6.07, 6.45) is 5.11. The highest BCUT2D eigenvalue weighted by atomic mass is 79.9. The summed E-state index contributed by atoms with van der Waals surface area (Å²) in [5.41, 5.74) is 2.82. The molecule has 122 valence electrons. The number of carbonyl (C=O) groups is 1. The van der Waals surface area contributed by atoms with E-state index in [1.165, 1.54) is 0 Å². The van der Waals surface area contributed by atoms with Crippen LogP contribution in [0.1, 0.15) is 39.9 Å². The highest BCUT2D eigenvalue weighted by molar-refractivity contribution is 9.10. The molecule has 0 saturated carbocycles. The highest BCUT2D eigenvalue weighted by Gasteiger charge is 2.40. The van der Waals surface area contributed by atoms with Gasteiger partial charge in [-0.25, -0.2) is 0 Å². The van der Waals surface area contributed by atoms with Crippen LogP contribution in [0.25, 0.3) is 0 Å². The van der Waals surface area contributed by atoms with Crippen molar-refractivity contribution in [1.82, 2.24) is 0 Å². The topological polar surface area (TPSA) is 52.2 Å². The van der Waals surface area contributed by atoms with E-state index < -0.39 is 5.97 Å². The molecule has 0 spiro atoms. The number of benzene rings is 2. The summed E-state index contributed by atoms with van der Waals surface area (Å²) >= 11 is 9.91. The van der Waals surface area contributed by atoms with E-state index in [1.54, 1.807) is 12.1 Å². The Morgan fingerprint density at radius 2 is 2.12 bits per heavy atom. The third-order valence-corrected chi connectivity index (χ3v) is 5.70. The van der Waals surface area contributed by atoms with E-state index in [9.17, 15) is 9.90 Å². The number of fused-ring (bicyclic) bond motifs is 3. The van der Waals surface area contributed by atoms with Crippen LogP contribution in [0.5, 0.6) is 0 Å². The van der Waals surface area contributed by atoms with Gasteiger partial charge in [0.15, 0.2) is 0 Å². The zero-order valence-electron chi connectivity index (χ0n) is 12.6. The van der Waals surface area contributed by atoms with E-state index in [0.29, 0.717) is 10.7 Å². The Labute approximate surface area is 153 Å². The Kier molecular flexibility index (Phi) is 3.89. The molecule has 1 aliphatic heterocycles. The van der Waals surface area contributed by atoms with Crippen molar-refractivity contribution < 1.29 is 9.90 Å². The fourth-order valence-corrected chi connectivity index (χ4v) is 4.52. The molecule has 0 aromatic heterocycles. The van der Waals surface area contributed by atoms with Gasteiger partial charge in [-0.3, -0.25) is 0 Å². The van der Waals surface area contributed by atoms with Gasteiger partial charge in [0.05, 0.1) is 22.7 Å². The highest BCUT2D eigenvalue weighted by Crippen LogP contribution is 2.52. The number of hydrogen-bond acceptors (Lipinski definition) is 3. The number of anilines is 1. The molecule has 3 nitrogen and oxygen atoms in total. The Bertz CT molecular complexity index is 864. The average molecular weight is 404 g/mol. The number of rotatable bonds is 2. The number of nitrogens with one attached hydrogen (secondary N) is 1. The minimum atomic E-state index is -1.16. The van der Waals surface area contributed by atoms with Crippen molar-refractivity contribution in [3.63, 3.8) is 0 Å². The number of halogens is 2. The third kappa shape index (κ3) is 2.45. The summed E-state index contributed by atoms with van der Waals surface area (Å²) in [6, 6.07) is 11.4. The molecule has 3 atom stereocenters. The first-order valence-electron chi connectivity index (χ1n) is 7.78. The fraction of sp³-hybridized carbons (Fsp3) is 0.211. The summed E-state index contributed by atoms with van der Waals surface area (Å²) < 4.78 is 1.02. The minimum absolute atomic E-state index is 0.0248. The number of allylic oxidation sites excluding steroid dienone is 2. The SMILES string of the molecule is O=C([O-])c1ccc(Cl)c2c1[C@@H]1C=CC[C@H]1[C@@H](c1cccc(Br)c1)N2. The van der Waals surface area contributed by atoms with Crippen molar-refractivity contribution in [2.24, 2.45) is 5.92 Å². The number of aromatic carboxylic acids is 1. The molecule has 2 aliphatic rings. The molecular weight excluding hydrogens is 390 g/mol. The molecule has 0 amide bonds. The first-order valence-corrected chi connectivity index (χ1v) is 8.96. The predicted octanol–water partition coefficient (Wildman–Crippen LogP) is 4.29. The molecule has 0 saturated heterocycles. The fourth-order valence-electron chi connectivity index (χ4n) is 3.88. The van der Waals surface area contributed by atoms with Crippen LogP contribution >= 0.6 is 27.5 Å². The maximum Gasteiger partial charge on any atom is 0.0719 e. The van der Waals surface area contributed by atoms with Crippen molar-refractivity contribution in [3.05, 3.63) is 74.7 Å². The van der Waals surface area contributed by atoms with Crippen molar-refractivity contribution in [2.75, 3.05) is 5.32 Å². The lowest BCUT2D eigenvalue weighted by atomic mass is 9.75.